The largest absolute Gasteiger partial charge is 0.496 e. The third-order valence-corrected chi connectivity index (χ3v) is 7.85. The van der Waals surface area contributed by atoms with Gasteiger partial charge < -0.3 is 45.9 Å². The Labute approximate surface area is 278 Å². The minimum atomic E-state index is -2.74. The fraction of sp³-hybridized carbons (Fsp3) is 0.367. The fourth-order valence-electron chi connectivity index (χ4n) is 4.73. The van der Waals surface area contributed by atoms with Gasteiger partial charge >= 0.3 is 17.9 Å². The fourth-order valence-corrected chi connectivity index (χ4v) is 5.40. The number of anilines is 2. The van der Waals surface area contributed by atoms with E-state index in [2.05, 4.69) is 27.1 Å². The van der Waals surface area contributed by atoms with E-state index in [4.69, 9.17) is 58.8 Å². The first-order valence-corrected chi connectivity index (χ1v) is 14.8. The molecule has 14 nitrogen and oxygen atoms in total. The van der Waals surface area contributed by atoms with Crippen molar-refractivity contribution in [1.29, 1.82) is 0 Å². The maximum absolute atomic E-state index is 14.0. The number of pyridine rings is 2. The molecule has 3 aromatic rings. The molecule has 2 atom stereocenters. The van der Waals surface area contributed by atoms with Crippen molar-refractivity contribution in [2.45, 2.75) is 44.4 Å². The summed E-state index contributed by atoms with van der Waals surface area (Å²) >= 11 is 12.4. The zero-order chi connectivity index (χ0) is 35.1. The summed E-state index contributed by atoms with van der Waals surface area (Å²) in [7, 11) is 1.61. The van der Waals surface area contributed by atoms with Gasteiger partial charge in [0.25, 0.3) is 0 Å². The number of ether oxygens (including phenoxy) is 2. The number of piperazine rings is 1. The molecule has 0 aliphatic carbocycles. The van der Waals surface area contributed by atoms with Gasteiger partial charge in [-0.1, -0.05) is 23.2 Å². The molecule has 4 rings (SSSR count). The van der Waals surface area contributed by atoms with Gasteiger partial charge in [-0.2, -0.15) is 0 Å². The van der Waals surface area contributed by atoms with Gasteiger partial charge in [0.2, 0.25) is 0 Å². The molecule has 3 heterocycles. The zero-order valence-electron chi connectivity index (χ0n) is 25.5. The van der Waals surface area contributed by atoms with Crippen molar-refractivity contribution in [2.24, 2.45) is 0 Å². The summed E-state index contributed by atoms with van der Waals surface area (Å²) in [5, 5.41) is 37.4. The molecule has 0 spiro atoms. The van der Waals surface area contributed by atoms with Gasteiger partial charge in [0.05, 0.1) is 25.0 Å². The lowest BCUT2D eigenvalue weighted by Crippen LogP contribution is -2.50. The Morgan fingerprint density at radius 1 is 1.13 bits per heavy atom. The normalized spacial score (nSPS) is 15.2. The molecule has 1 aliphatic heterocycles. The lowest BCUT2D eigenvalue weighted by Gasteiger charge is -2.35. The number of hydrogen-bond donors (Lipinski definition) is 6. The summed E-state index contributed by atoms with van der Waals surface area (Å²) in [6.45, 7) is 6.52. The quantitative estimate of drug-likeness (QED) is 0.157. The number of nitrogens with two attached hydrogens (primary N) is 1. The van der Waals surface area contributed by atoms with E-state index >= 15 is 0 Å². The molecule has 0 bridgehead atoms. The van der Waals surface area contributed by atoms with Crippen LogP contribution in [0.4, 0.5) is 16.0 Å². The molecule has 1 fully saturated rings. The number of nitrogens with one attached hydrogen (secondary N) is 1. The number of nitrogen functional groups attached to an aromatic ring is 1. The summed E-state index contributed by atoms with van der Waals surface area (Å²) in [6.07, 6.45) is 0.417. The van der Waals surface area contributed by atoms with Gasteiger partial charge in [0, 0.05) is 65.8 Å². The number of halogens is 3. The lowest BCUT2D eigenvalue weighted by atomic mass is 9.96. The monoisotopic (exact) mass is 697 g/mol. The topological polar surface area (TPSA) is 218 Å². The van der Waals surface area contributed by atoms with Gasteiger partial charge in [-0.25, -0.2) is 19.2 Å². The predicted molar refractivity (Wildman–Crippen MR) is 171 cm³/mol. The molecule has 47 heavy (non-hydrogen) atoms. The van der Waals surface area contributed by atoms with Crippen LogP contribution in [0.5, 0.6) is 11.5 Å². The average molecular weight is 699 g/mol. The highest BCUT2D eigenvalue weighted by Crippen LogP contribution is 2.39. The smallest absolute Gasteiger partial charge is 0.336 e. The number of aromatic nitrogens is 2. The molecular weight excluding hydrogens is 664 g/mol. The van der Waals surface area contributed by atoms with E-state index in [9.17, 15) is 18.8 Å². The van der Waals surface area contributed by atoms with Crippen molar-refractivity contribution in [3.63, 3.8) is 0 Å². The van der Waals surface area contributed by atoms with E-state index in [1.807, 2.05) is 6.07 Å². The second-order valence-corrected chi connectivity index (χ2v) is 11.4. The van der Waals surface area contributed by atoms with Crippen LogP contribution in [0.1, 0.15) is 38.4 Å². The Bertz CT molecular complexity index is 1610. The summed E-state index contributed by atoms with van der Waals surface area (Å²) in [6, 6.07) is 6.63. The first-order valence-electron chi connectivity index (χ1n) is 14.0. The molecular formula is C30H34Cl2FN5O9. The first kappa shape index (κ1) is 37.0. The van der Waals surface area contributed by atoms with Crippen LogP contribution in [0.2, 0.25) is 10.0 Å². The highest BCUT2D eigenvalue weighted by Gasteiger charge is 2.40. The number of rotatable bonds is 11. The van der Waals surface area contributed by atoms with Crippen LogP contribution in [0.3, 0.4) is 0 Å². The van der Waals surface area contributed by atoms with Crippen LogP contribution in [0.25, 0.3) is 11.1 Å². The summed E-state index contributed by atoms with van der Waals surface area (Å²) in [5.74, 6) is -3.61. The van der Waals surface area contributed by atoms with Gasteiger partial charge in [-0.3, -0.25) is 9.59 Å². The number of nitrogens with zero attached hydrogens (tertiary/aromatic N) is 3. The molecule has 0 unspecified atom stereocenters. The van der Waals surface area contributed by atoms with Gasteiger partial charge in [-0.05, 0) is 32.0 Å². The van der Waals surface area contributed by atoms with Crippen molar-refractivity contribution >= 4 is 52.7 Å². The van der Waals surface area contributed by atoms with Gasteiger partial charge in [0.15, 0.2) is 17.2 Å². The standard InChI is InChI=1S/C24H26Cl2FN5O2.C6H8O7/c1-13-10-29-6-7-32(13)21-9-19(33-3)16(12-30-21)15-8-20(24(28)31-11-15)34-14(2)22-17(25)4-5-18(27)23(22)26;7-3(8)1-6(13,5(11)12)2-4(9)10/h4-5,8-9,11-14,29H,6-7,10H2,1-3H3,(H2,28,31);13H,1-2H2,(H,7,8)(H,9,10)(H,11,12)/t13-,14+;/m0./s1. The molecule has 254 valence electrons. The van der Waals surface area contributed by atoms with E-state index in [0.717, 1.165) is 31.0 Å². The Morgan fingerprint density at radius 2 is 1.79 bits per heavy atom. The van der Waals surface area contributed by atoms with Gasteiger partial charge in [0.1, 0.15) is 23.5 Å². The molecule has 1 aromatic carbocycles. The number of aliphatic carboxylic acids is 3. The van der Waals surface area contributed by atoms with E-state index in [0.29, 0.717) is 33.7 Å². The predicted octanol–water partition coefficient (Wildman–Crippen LogP) is 3.87. The molecule has 2 aromatic heterocycles. The molecule has 0 saturated carbocycles. The van der Waals surface area contributed by atoms with Crippen molar-refractivity contribution < 1.29 is 48.7 Å². The zero-order valence-corrected chi connectivity index (χ0v) is 27.0. The molecule has 0 radical (unpaired) electrons. The van der Waals surface area contributed by atoms with Crippen molar-refractivity contribution in [1.82, 2.24) is 15.3 Å². The number of carbonyl (C=O) groups is 3. The summed E-state index contributed by atoms with van der Waals surface area (Å²) < 4.78 is 25.7. The van der Waals surface area contributed by atoms with E-state index in [1.165, 1.54) is 12.1 Å². The highest BCUT2D eigenvalue weighted by molar-refractivity contribution is 6.36. The molecule has 1 saturated heterocycles. The number of carboxylic acid groups (broad SMARTS) is 3. The lowest BCUT2D eigenvalue weighted by molar-refractivity contribution is -0.170. The van der Waals surface area contributed by atoms with Crippen molar-refractivity contribution in [2.75, 3.05) is 37.4 Å². The second-order valence-electron chi connectivity index (χ2n) is 10.6. The minimum Gasteiger partial charge on any atom is -0.496 e. The number of methoxy groups -OCH3 is 1. The number of hydrogen-bond acceptors (Lipinski definition) is 11. The third kappa shape index (κ3) is 9.32. The number of aliphatic hydroxyl groups is 1. The van der Waals surface area contributed by atoms with E-state index in [1.54, 1.807) is 32.5 Å². The van der Waals surface area contributed by atoms with E-state index < -0.39 is 48.3 Å². The Hall–Kier alpha value is -4.44. The highest BCUT2D eigenvalue weighted by atomic mass is 35.5. The Morgan fingerprint density at radius 3 is 2.36 bits per heavy atom. The van der Waals surface area contributed by atoms with Crippen LogP contribution in [-0.2, 0) is 14.4 Å². The average Bonchev–Trinajstić information content (AvgIpc) is 3.00. The van der Waals surface area contributed by atoms with E-state index in [-0.39, 0.29) is 10.8 Å². The number of carboxylic acids is 3. The molecule has 0 amide bonds. The maximum Gasteiger partial charge on any atom is 0.336 e. The summed E-state index contributed by atoms with van der Waals surface area (Å²) in [4.78, 5) is 41.7. The maximum atomic E-state index is 14.0. The Kier molecular flexibility index (Phi) is 12.5. The molecule has 1 aliphatic rings. The summed E-state index contributed by atoms with van der Waals surface area (Å²) in [5.41, 5.74) is 5.11. The molecule has 7 N–H and O–H groups in total. The van der Waals surface area contributed by atoms with Crippen molar-refractivity contribution in [3.8, 4) is 22.6 Å². The third-order valence-electron chi connectivity index (χ3n) is 7.13. The van der Waals surface area contributed by atoms with Crippen LogP contribution >= 0.6 is 23.2 Å². The van der Waals surface area contributed by atoms with Crippen LogP contribution < -0.4 is 25.4 Å². The second kappa shape index (κ2) is 15.9. The number of benzene rings is 1. The molecule has 17 heteroatoms. The van der Waals surface area contributed by atoms with Crippen LogP contribution in [0, 0.1) is 5.82 Å². The minimum absolute atomic E-state index is 0.0914. The van der Waals surface area contributed by atoms with Gasteiger partial charge in [-0.15, -0.1) is 0 Å². The van der Waals surface area contributed by atoms with Crippen LogP contribution in [0.15, 0.2) is 36.7 Å². The van der Waals surface area contributed by atoms with Crippen molar-refractivity contribution in [3.05, 3.63) is 58.1 Å². The Balaban J connectivity index is 0.000000392. The van der Waals surface area contributed by atoms with Crippen LogP contribution in [-0.4, -0.2) is 86.7 Å². The SMILES string of the molecule is COc1cc(N2CCNC[C@@H]2C)ncc1-c1cnc(N)c(O[C@H](C)c2c(Cl)ccc(F)c2Cl)c1.O=C(O)CC(O)(CC(=O)O)C(=O)O. The first-order chi connectivity index (χ1) is 22.1.